The fraction of sp³-hybridized carbons (Fsp3) is 0.417. The Balaban J connectivity index is 2.96. The fourth-order valence-electron chi connectivity index (χ4n) is 1.60. The molecule has 1 atom stereocenters. The molecule has 7 heteroatoms. The molecule has 0 spiro atoms. The van der Waals surface area contributed by atoms with Crippen LogP contribution in [0.5, 0.6) is 5.75 Å². The van der Waals surface area contributed by atoms with E-state index in [4.69, 9.17) is 0 Å². The summed E-state index contributed by atoms with van der Waals surface area (Å²) in [5.41, 5.74) is 0. The van der Waals surface area contributed by atoms with Crippen molar-refractivity contribution in [1.82, 2.24) is 4.31 Å². The molecule has 1 aromatic rings. The molecule has 0 saturated heterocycles. The Kier molecular flexibility index (Phi) is 4.90. The van der Waals surface area contributed by atoms with Gasteiger partial charge in [-0.15, -0.1) is 0 Å². The minimum absolute atomic E-state index is 0.0245. The number of hydrogen-bond acceptors (Lipinski definition) is 5. The van der Waals surface area contributed by atoms with Crippen molar-refractivity contribution >= 4 is 16.0 Å². The number of nitrogens with zero attached hydrogens (tertiary/aromatic N) is 1. The molecular weight excluding hydrogens is 270 g/mol. The van der Waals surface area contributed by atoms with Crippen LogP contribution in [-0.2, 0) is 19.6 Å². The lowest BCUT2D eigenvalue weighted by molar-refractivity contribution is -0.144. The first-order valence-electron chi connectivity index (χ1n) is 5.63. The number of phenols is 1. The van der Waals surface area contributed by atoms with Gasteiger partial charge in [0.2, 0.25) is 10.0 Å². The van der Waals surface area contributed by atoms with Crippen LogP contribution in [0.2, 0.25) is 0 Å². The molecule has 1 rings (SSSR count). The highest BCUT2D eigenvalue weighted by Gasteiger charge is 2.27. The summed E-state index contributed by atoms with van der Waals surface area (Å²) in [5.74, 6) is -1.39. The van der Waals surface area contributed by atoms with Crippen molar-refractivity contribution in [2.45, 2.75) is 11.8 Å². The monoisotopic (exact) mass is 287 g/mol. The molecule has 0 aliphatic carbocycles. The second kappa shape index (κ2) is 6.03. The molecule has 0 saturated carbocycles. The zero-order chi connectivity index (χ0) is 14.6. The molecule has 0 aromatic heterocycles. The number of aromatic hydroxyl groups is 1. The lowest BCUT2D eigenvalue weighted by Gasteiger charge is -2.20. The highest BCUT2D eigenvalue weighted by molar-refractivity contribution is 7.89. The van der Waals surface area contributed by atoms with Crippen LogP contribution in [0.15, 0.2) is 29.2 Å². The predicted molar refractivity (Wildman–Crippen MR) is 69.1 cm³/mol. The van der Waals surface area contributed by atoms with E-state index in [-0.39, 0.29) is 17.2 Å². The zero-order valence-electron chi connectivity index (χ0n) is 11.0. The molecule has 19 heavy (non-hydrogen) atoms. The van der Waals surface area contributed by atoms with Crippen LogP contribution in [0.1, 0.15) is 6.92 Å². The summed E-state index contributed by atoms with van der Waals surface area (Å²) in [5, 5.41) is 9.59. The van der Waals surface area contributed by atoms with E-state index in [1.54, 1.807) is 6.92 Å². The second-order valence-electron chi connectivity index (χ2n) is 4.18. The largest absolute Gasteiger partial charge is 0.507 e. The Morgan fingerprint density at radius 3 is 2.53 bits per heavy atom. The highest BCUT2D eigenvalue weighted by atomic mass is 32.2. The van der Waals surface area contributed by atoms with Gasteiger partial charge in [0.25, 0.3) is 0 Å². The van der Waals surface area contributed by atoms with Gasteiger partial charge in [-0.25, -0.2) is 8.42 Å². The maximum Gasteiger partial charge on any atom is 0.309 e. The Morgan fingerprint density at radius 1 is 1.42 bits per heavy atom. The first kappa shape index (κ1) is 15.5. The van der Waals surface area contributed by atoms with Crippen molar-refractivity contribution in [3.63, 3.8) is 0 Å². The topological polar surface area (TPSA) is 83.9 Å². The van der Waals surface area contributed by atoms with Crippen molar-refractivity contribution in [3.8, 4) is 5.75 Å². The lowest BCUT2D eigenvalue weighted by Crippen LogP contribution is -2.34. The Bertz CT molecular complexity index is 555. The van der Waals surface area contributed by atoms with Gasteiger partial charge in [0.1, 0.15) is 10.6 Å². The molecule has 0 aliphatic heterocycles. The number of esters is 1. The normalized spacial score (nSPS) is 13.3. The van der Waals surface area contributed by atoms with E-state index in [1.807, 2.05) is 0 Å². The third-order valence-corrected chi connectivity index (χ3v) is 4.56. The van der Waals surface area contributed by atoms with E-state index >= 15 is 0 Å². The first-order valence-corrected chi connectivity index (χ1v) is 7.07. The third kappa shape index (κ3) is 3.45. The number of rotatable bonds is 5. The van der Waals surface area contributed by atoms with Crippen LogP contribution in [-0.4, -0.2) is 44.5 Å². The van der Waals surface area contributed by atoms with E-state index in [9.17, 15) is 18.3 Å². The van der Waals surface area contributed by atoms with Gasteiger partial charge in [-0.3, -0.25) is 4.79 Å². The molecule has 6 nitrogen and oxygen atoms in total. The van der Waals surface area contributed by atoms with E-state index in [1.165, 1.54) is 38.4 Å². The van der Waals surface area contributed by atoms with Crippen molar-refractivity contribution in [2.24, 2.45) is 5.92 Å². The van der Waals surface area contributed by atoms with Crippen molar-refractivity contribution in [3.05, 3.63) is 24.3 Å². The molecule has 1 unspecified atom stereocenters. The molecule has 0 aliphatic rings. The van der Waals surface area contributed by atoms with Gasteiger partial charge in [0, 0.05) is 13.6 Å². The average molecular weight is 287 g/mol. The van der Waals surface area contributed by atoms with Gasteiger partial charge in [-0.2, -0.15) is 4.31 Å². The second-order valence-corrected chi connectivity index (χ2v) is 6.19. The standard InChI is InChI=1S/C12H17NO5S/c1-9(12(15)18-3)8-13(2)19(16,17)11-7-5-4-6-10(11)14/h4-7,9,14H,8H2,1-3H3. The van der Waals surface area contributed by atoms with Gasteiger partial charge in [0.05, 0.1) is 13.0 Å². The van der Waals surface area contributed by atoms with Crippen LogP contribution in [0, 0.1) is 5.92 Å². The lowest BCUT2D eigenvalue weighted by atomic mass is 10.2. The number of carbonyl (C=O) groups excluding carboxylic acids is 1. The van der Waals surface area contributed by atoms with Crippen LogP contribution >= 0.6 is 0 Å². The number of methoxy groups -OCH3 is 1. The van der Waals surface area contributed by atoms with E-state index < -0.39 is 21.9 Å². The molecule has 0 heterocycles. The Hall–Kier alpha value is -1.60. The van der Waals surface area contributed by atoms with Gasteiger partial charge in [-0.05, 0) is 12.1 Å². The Labute approximate surface area is 112 Å². The number of benzene rings is 1. The minimum atomic E-state index is -3.83. The summed E-state index contributed by atoms with van der Waals surface area (Å²) in [6.45, 7) is 1.55. The van der Waals surface area contributed by atoms with Crippen LogP contribution in [0.3, 0.4) is 0 Å². The molecule has 0 amide bonds. The van der Waals surface area contributed by atoms with E-state index in [0.29, 0.717) is 0 Å². The molecule has 0 fully saturated rings. The summed E-state index contributed by atoms with van der Waals surface area (Å²) in [4.78, 5) is 11.1. The molecule has 0 radical (unpaired) electrons. The third-order valence-electron chi connectivity index (χ3n) is 2.69. The quantitative estimate of drug-likeness (QED) is 0.811. The summed E-state index contributed by atoms with van der Waals surface area (Å²) in [6, 6.07) is 5.66. The SMILES string of the molecule is COC(=O)C(C)CN(C)S(=O)(=O)c1ccccc1O. The van der Waals surface area contributed by atoms with Gasteiger partial charge < -0.3 is 9.84 Å². The summed E-state index contributed by atoms with van der Waals surface area (Å²) < 4.78 is 30.0. The van der Waals surface area contributed by atoms with Gasteiger partial charge in [-0.1, -0.05) is 19.1 Å². The molecule has 1 N–H and O–H groups in total. The van der Waals surface area contributed by atoms with Crippen molar-refractivity contribution in [2.75, 3.05) is 20.7 Å². The van der Waals surface area contributed by atoms with Crippen LogP contribution in [0.4, 0.5) is 0 Å². The van der Waals surface area contributed by atoms with Crippen molar-refractivity contribution in [1.29, 1.82) is 0 Å². The van der Waals surface area contributed by atoms with Gasteiger partial charge in [0.15, 0.2) is 0 Å². The highest BCUT2D eigenvalue weighted by Crippen LogP contribution is 2.24. The predicted octanol–water partition coefficient (Wildman–Crippen LogP) is 0.822. The number of sulfonamides is 1. The Morgan fingerprint density at radius 2 is 2.00 bits per heavy atom. The fourth-order valence-corrected chi connectivity index (χ4v) is 2.94. The number of phenolic OH excluding ortho intramolecular Hbond substituents is 1. The van der Waals surface area contributed by atoms with E-state index in [0.717, 1.165) is 4.31 Å². The minimum Gasteiger partial charge on any atom is -0.507 e. The maximum atomic E-state index is 12.2. The van der Waals surface area contributed by atoms with Crippen LogP contribution in [0.25, 0.3) is 0 Å². The average Bonchev–Trinajstić information content (AvgIpc) is 2.37. The molecule has 1 aromatic carbocycles. The van der Waals surface area contributed by atoms with Crippen molar-refractivity contribution < 1.29 is 23.1 Å². The van der Waals surface area contributed by atoms with E-state index in [2.05, 4.69) is 4.74 Å². The summed E-state index contributed by atoms with van der Waals surface area (Å²) >= 11 is 0. The first-order chi connectivity index (χ1) is 8.80. The maximum absolute atomic E-state index is 12.2. The smallest absolute Gasteiger partial charge is 0.309 e. The number of para-hydroxylation sites is 1. The van der Waals surface area contributed by atoms with Gasteiger partial charge >= 0.3 is 5.97 Å². The molecule has 106 valence electrons. The number of carbonyl (C=O) groups is 1. The molecule has 0 bridgehead atoms. The number of hydrogen-bond donors (Lipinski definition) is 1. The summed E-state index contributed by atoms with van der Waals surface area (Å²) in [7, 11) is -1.24. The number of ether oxygens (including phenoxy) is 1. The van der Waals surface area contributed by atoms with Crippen LogP contribution < -0.4 is 0 Å². The zero-order valence-corrected chi connectivity index (χ0v) is 11.8. The summed E-state index contributed by atoms with van der Waals surface area (Å²) in [6.07, 6.45) is 0. The molecular formula is C12H17NO5S.